The number of nitrogens with one attached hydrogen (secondary N) is 1. The average Bonchev–Trinajstić information content (AvgIpc) is 3.28. The van der Waals surface area contributed by atoms with Crippen LogP contribution in [0.15, 0.2) is 65.8 Å². The van der Waals surface area contributed by atoms with Crippen molar-refractivity contribution < 1.29 is 14.6 Å². The Balaban J connectivity index is 1.69. The minimum atomic E-state index is -1.34. The molecule has 0 bridgehead atoms. The molecule has 0 aliphatic rings. The van der Waals surface area contributed by atoms with E-state index in [9.17, 15) is 9.59 Å². The number of aromatic nitrogens is 5. The fourth-order valence-electron chi connectivity index (χ4n) is 2.74. The van der Waals surface area contributed by atoms with Gasteiger partial charge in [-0.3, -0.25) is 4.79 Å². The fourth-order valence-corrected chi connectivity index (χ4v) is 2.86. The number of rotatable bonds is 6. The molecule has 2 heterocycles. The zero-order valence-corrected chi connectivity index (χ0v) is 16.1. The molecule has 0 aliphatic carbocycles. The summed E-state index contributed by atoms with van der Waals surface area (Å²) in [5.41, 5.74) is 0.886. The molecule has 4 aromatic rings. The predicted octanol–water partition coefficient (Wildman–Crippen LogP) is 2.95. The third-order valence-electron chi connectivity index (χ3n) is 4.24. The molecule has 2 aromatic carbocycles. The molecule has 0 saturated heterocycles. The lowest BCUT2D eigenvalue weighted by atomic mass is 10.1. The topological polar surface area (TPSA) is 123 Å². The maximum atomic E-state index is 12.0. The highest BCUT2D eigenvalue weighted by Crippen LogP contribution is 2.28. The molecule has 0 amide bonds. The maximum absolute atomic E-state index is 12.0. The molecule has 0 atom stereocenters. The molecular formula is C20H14ClN5O4. The van der Waals surface area contributed by atoms with E-state index in [0.29, 0.717) is 28.6 Å². The molecule has 10 heteroatoms. The van der Waals surface area contributed by atoms with Crippen LogP contribution in [0.4, 0.5) is 0 Å². The van der Waals surface area contributed by atoms with Crippen LogP contribution in [0.3, 0.4) is 0 Å². The Kier molecular flexibility index (Phi) is 5.27. The van der Waals surface area contributed by atoms with Gasteiger partial charge in [-0.25, -0.2) is 14.5 Å². The van der Waals surface area contributed by atoms with Gasteiger partial charge in [-0.15, -0.1) is 5.10 Å². The van der Waals surface area contributed by atoms with Gasteiger partial charge >= 0.3 is 5.97 Å². The summed E-state index contributed by atoms with van der Waals surface area (Å²) >= 11 is 5.91. The molecule has 9 nitrogen and oxygen atoms in total. The van der Waals surface area contributed by atoms with Gasteiger partial charge in [-0.05, 0) is 35.9 Å². The van der Waals surface area contributed by atoms with Gasteiger partial charge < -0.3 is 14.8 Å². The summed E-state index contributed by atoms with van der Waals surface area (Å²) in [4.78, 5) is 29.5. The van der Waals surface area contributed by atoms with Crippen LogP contribution >= 0.6 is 11.6 Å². The van der Waals surface area contributed by atoms with Gasteiger partial charge in [0.1, 0.15) is 29.4 Å². The van der Waals surface area contributed by atoms with Crippen molar-refractivity contribution in [3.05, 3.63) is 87.6 Å². The number of benzene rings is 2. The molecule has 0 saturated carbocycles. The van der Waals surface area contributed by atoms with Gasteiger partial charge in [-0.1, -0.05) is 28.9 Å². The number of nitrogens with zero attached hydrogens (tertiary/aromatic N) is 4. The fraction of sp³-hybridized carbons (Fsp3) is 0.0500. The second kappa shape index (κ2) is 8.18. The lowest BCUT2D eigenvalue weighted by molar-refractivity contribution is 0.0694. The van der Waals surface area contributed by atoms with Crippen LogP contribution in [0, 0.1) is 0 Å². The molecule has 0 spiro atoms. The van der Waals surface area contributed by atoms with E-state index in [0.717, 1.165) is 11.8 Å². The summed E-state index contributed by atoms with van der Waals surface area (Å²) in [5, 5.41) is 17.5. The van der Waals surface area contributed by atoms with Crippen LogP contribution in [0.2, 0.25) is 5.02 Å². The first-order valence-corrected chi connectivity index (χ1v) is 9.10. The smallest absolute Gasteiger partial charge is 0.342 e. The number of hydrogen-bond donors (Lipinski definition) is 2. The van der Waals surface area contributed by atoms with Gasteiger partial charge in [0.15, 0.2) is 0 Å². The third kappa shape index (κ3) is 4.06. The van der Waals surface area contributed by atoms with Crippen LogP contribution in [0.25, 0.3) is 17.1 Å². The number of aromatic amines is 1. The summed E-state index contributed by atoms with van der Waals surface area (Å²) in [7, 11) is 0. The monoisotopic (exact) mass is 423 g/mol. The first-order chi connectivity index (χ1) is 14.5. The van der Waals surface area contributed by atoms with Crippen LogP contribution in [-0.2, 0) is 6.61 Å². The Bertz CT molecular complexity index is 1250. The Hall–Kier alpha value is -3.98. The van der Waals surface area contributed by atoms with Crippen molar-refractivity contribution in [2.45, 2.75) is 6.61 Å². The van der Waals surface area contributed by atoms with Crippen LogP contribution < -0.4 is 10.3 Å². The summed E-state index contributed by atoms with van der Waals surface area (Å²) in [6.45, 7) is 0.306. The standard InChI is InChI=1S/C20H14ClN5O4/c21-14-4-1-12(2-5-14)11-30-17-6-3-13(9-16(17)26-8-7-23-25-26)18-22-10-15(20(28)29)19(27)24-18/h1-10H,11H2,(H,28,29)(H,22,24,27). The number of halogens is 1. The molecule has 0 fully saturated rings. The van der Waals surface area contributed by atoms with E-state index in [-0.39, 0.29) is 5.82 Å². The van der Waals surface area contributed by atoms with E-state index >= 15 is 0 Å². The van der Waals surface area contributed by atoms with E-state index in [1.807, 2.05) is 12.1 Å². The number of H-pyrrole nitrogens is 1. The average molecular weight is 424 g/mol. The Morgan fingerprint density at radius 2 is 2.00 bits per heavy atom. The summed E-state index contributed by atoms with van der Waals surface area (Å²) < 4.78 is 7.47. The number of aromatic carboxylic acids is 1. The third-order valence-corrected chi connectivity index (χ3v) is 4.49. The minimum Gasteiger partial charge on any atom is -0.487 e. The molecular weight excluding hydrogens is 410 g/mol. The molecule has 2 N–H and O–H groups in total. The molecule has 0 aliphatic heterocycles. The Morgan fingerprint density at radius 3 is 2.67 bits per heavy atom. The first-order valence-electron chi connectivity index (χ1n) is 8.72. The van der Waals surface area contributed by atoms with Gasteiger partial charge in [0.2, 0.25) is 0 Å². The van der Waals surface area contributed by atoms with Gasteiger partial charge in [0.25, 0.3) is 5.56 Å². The van der Waals surface area contributed by atoms with E-state index in [1.165, 1.54) is 10.9 Å². The highest BCUT2D eigenvalue weighted by molar-refractivity contribution is 6.30. The Labute approximate surface area is 174 Å². The lowest BCUT2D eigenvalue weighted by Gasteiger charge is -2.13. The SMILES string of the molecule is O=C(O)c1cnc(-c2ccc(OCc3ccc(Cl)cc3)c(-n3ccnn3)c2)[nH]c1=O. The van der Waals surface area contributed by atoms with Crippen molar-refractivity contribution in [2.24, 2.45) is 0 Å². The Morgan fingerprint density at radius 1 is 1.20 bits per heavy atom. The van der Waals surface area contributed by atoms with Crippen LogP contribution in [-0.4, -0.2) is 36.0 Å². The molecule has 4 rings (SSSR count). The van der Waals surface area contributed by atoms with E-state index in [4.69, 9.17) is 21.4 Å². The number of ether oxygens (including phenoxy) is 1. The second-order valence-electron chi connectivity index (χ2n) is 6.23. The number of carbonyl (C=O) groups is 1. The van der Waals surface area contributed by atoms with Gasteiger partial charge in [-0.2, -0.15) is 0 Å². The van der Waals surface area contributed by atoms with Crippen molar-refractivity contribution in [1.82, 2.24) is 25.0 Å². The van der Waals surface area contributed by atoms with Crippen molar-refractivity contribution in [3.8, 4) is 22.8 Å². The summed E-state index contributed by atoms with van der Waals surface area (Å²) in [6, 6.07) is 12.4. The van der Waals surface area contributed by atoms with E-state index in [2.05, 4.69) is 20.3 Å². The number of carboxylic acids is 1. The predicted molar refractivity (Wildman–Crippen MR) is 108 cm³/mol. The van der Waals surface area contributed by atoms with Crippen LogP contribution in [0.5, 0.6) is 5.75 Å². The van der Waals surface area contributed by atoms with Crippen molar-refractivity contribution in [1.29, 1.82) is 0 Å². The zero-order chi connectivity index (χ0) is 21.1. The minimum absolute atomic E-state index is 0.218. The largest absolute Gasteiger partial charge is 0.487 e. The summed E-state index contributed by atoms with van der Waals surface area (Å²) in [5.74, 6) is -0.594. The van der Waals surface area contributed by atoms with Gasteiger partial charge in [0.05, 0.1) is 12.4 Å². The van der Waals surface area contributed by atoms with Crippen molar-refractivity contribution >= 4 is 17.6 Å². The van der Waals surface area contributed by atoms with Crippen molar-refractivity contribution in [3.63, 3.8) is 0 Å². The second-order valence-corrected chi connectivity index (χ2v) is 6.66. The first kappa shape index (κ1) is 19.3. The summed E-state index contributed by atoms with van der Waals surface area (Å²) in [6.07, 6.45) is 4.20. The molecule has 0 radical (unpaired) electrons. The van der Waals surface area contributed by atoms with E-state index in [1.54, 1.807) is 36.5 Å². The quantitative estimate of drug-likeness (QED) is 0.488. The molecule has 150 valence electrons. The zero-order valence-electron chi connectivity index (χ0n) is 15.3. The normalized spacial score (nSPS) is 10.7. The lowest BCUT2D eigenvalue weighted by Crippen LogP contribution is -2.18. The highest BCUT2D eigenvalue weighted by atomic mass is 35.5. The van der Waals surface area contributed by atoms with E-state index < -0.39 is 17.1 Å². The van der Waals surface area contributed by atoms with Gasteiger partial charge in [0, 0.05) is 16.8 Å². The number of hydrogen-bond acceptors (Lipinski definition) is 6. The highest BCUT2D eigenvalue weighted by Gasteiger charge is 2.14. The molecule has 30 heavy (non-hydrogen) atoms. The van der Waals surface area contributed by atoms with Crippen molar-refractivity contribution in [2.75, 3.05) is 0 Å². The molecule has 2 aromatic heterocycles. The maximum Gasteiger partial charge on any atom is 0.342 e. The molecule has 0 unspecified atom stereocenters. The van der Waals surface area contributed by atoms with Crippen LogP contribution in [0.1, 0.15) is 15.9 Å². The number of carboxylic acid groups (broad SMARTS) is 1.